The van der Waals surface area contributed by atoms with Gasteiger partial charge in [0.1, 0.15) is 5.75 Å². The smallest absolute Gasteiger partial charge is 0.255 e. The number of aryl methyl sites for hydroxylation is 1. The van der Waals surface area contributed by atoms with Gasteiger partial charge in [0, 0.05) is 22.7 Å². The van der Waals surface area contributed by atoms with Crippen LogP contribution >= 0.6 is 23.4 Å². The monoisotopic (exact) mass is 296 g/mol. The zero-order chi connectivity index (χ0) is 14.0. The number of aromatic amines is 1. The van der Waals surface area contributed by atoms with Gasteiger partial charge in [0.05, 0.1) is 0 Å². The van der Waals surface area contributed by atoms with Crippen LogP contribution in [0.15, 0.2) is 28.2 Å². The molecule has 0 spiro atoms. The van der Waals surface area contributed by atoms with Gasteiger partial charge in [0.2, 0.25) is 0 Å². The Morgan fingerprint density at radius 2 is 2.21 bits per heavy atom. The van der Waals surface area contributed by atoms with Crippen LogP contribution < -0.4 is 5.56 Å². The SMILES string of the molecule is CSc1nc(C)c(Cc2cc(Cl)ccc2O)c(=O)[nH]1. The quantitative estimate of drug-likeness (QED) is 0.675. The molecule has 0 amide bonds. The minimum atomic E-state index is -0.184. The van der Waals surface area contributed by atoms with Gasteiger partial charge in [0.25, 0.3) is 5.56 Å². The number of aromatic nitrogens is 2. The Balaban J connectivity index is 2.44. The van der Waals surface area contributed by atoms with E-state index in [1.807, 2.05) is 6.26 Å². The molecule has 0 aliphatic carbocycles. The summed E-state index contributed by atoms with van der Waals surface area (Å²) in [7, 11) is 0. The predicted molar refractivity (Wildman–Crippen MR) is 77.3 cm³/mol. The zero-order valence-electron chi connectivity index (χ0n) is 10.5. The summed E-state index contributed by atoms with van der Waals surface area (Å²) in [6.45, 7) is 1.78. The first-order chi connectivity index (χ1) is 9.01. The minimum absolute atomic E-state index is 0.122. The maximum Gasteiger partial charge on any atom is 0.255 e. The Morgan fingerprint density at radius 3 is 2.84 bits per heavy atom. The molecule has 6 heteroatoms. The summed E-state index contributed by atoms with van der Waals surface area (Å²) in [4.78, 5) is 19.0. The van der Waals surface area contributed by atoms with Crippen LogP contribution in [0.3, 0.4) is 0 Å². The summed E-state index contributed by atoms with van der Waals surface area (Å²) >= 11 is 7.27. The molecule has 0 atom stereocenters. The maximum atomic E-state index is 12.0. The summed E-state index contributed by atoms with van der Waals surface area (Å²) in [6.07, 6.45) is 2.15. The van der Waals surface area contributed by atoms with Gasteiger partial charge in [-0.15, -0.1) is 0 Å². The molecule has 100 valence electrons. The fourth-order valence-corrected chi connectivity index (χ4v) is 2.39. The first-order valence-corrected chi connectivity index (χ1v) is 7.22. The second kappa shape index (κ2) is 5.67. The van der Waals surface area contributed by atoms with Gasteiger partial charge in [-0.3, -0.25) is 4.79 Å². The molecule has 0 saturated carbocycles. The van der Waals surface area contributed by atoms with E-state index in [-0.39, 0.29) is 11.3 Å². The molecule has 2 rings (SSSR count). The van der Waals surface area contributed by atoms with Crippen LogP contribution in [0.25, 0.3) is 0 Å². The van der Waals surface area contributed by atoms with Crippen molar-refractivity contribution in [2.45, 2.75) is 18.5 Å². The van der Waals surface area contributed by atoms with E-state index >= 15 is 0 Å². The summed E-state index contributed by atoms with van der Waals surface area (Å²) in [5.74, 6) is 0.122. The van der Waals surface area contributed by atoms with Crippen LogP contribution in [0.2, 0.25) is 5.02 Å². The number of phenols is 1. The Morgan fingerprint density at radius 1 is 1.47 bits per heavy atom. The highest BCUT2D eigenvalue weighted by Gasteiger charge is 2.11. The van der Waals surface area contributed by atoms with Crippen molar-refractivity contribution >= 4 is 23.4 Å². The molecule has 1 aromatic heterocycles. The van der Waals surface area contributed by atoms with E-state index in [1.165, 1.54) is 17.8 Å². The fraction of sp³-hybridized carbons (Fsp3) is 0.231. The molecule has 1 aromatic carbocycles. The number of nitrogens with zero attached hydrogens (tertiary/aromatic N) is 1. The van der Waals surface area contributed by atoms with Crippen LogP contribution in [0.1, 0.15) is 16.8 Å². The molecular formula is C13H13ClN2O2S. The van der Waals surface area contributed by atoms with Gasteiger partial charge < -0.3 is 10.1 Å². The molecular weight excluding hydrogens is 284 g/mol. The lowest BCUT2D eigenvalue weighted by Crippen LogP contribution is -2.17. The van der Waals surface area contributed by atoms with E-state index in [1.54, 1.807) is 19.1 Å². The molecule has 1 heterocycles. The predicted octanol–water partition coefficient (Wildman–Crippen LogP) is 2.75. The van der Waals surface area contributed by atoms with Gasteiger partial charge in [-0.25, -0.2) is 4.98 Å². The third-order valence-corrected chi connectivity index (χ3v) is 3.62. The Hall–Kier alpha value is -1.46. The van der Waals surface area contributed by atoms with E-state index in [9.17, 15) is 9.90 Å². The molecule has 0 aliphatic rings. The number of hydrogen-bond acceptors (Lipinski definition) is 4. The normalized spacial score (nSPS) is 10.7. The van der Waals surface area contributed by atoms with Crippen LogP contribution in [0.4, 0.5) is 0 Å². The average molecular weight is 297 g/mol. The standard InChI is InChI=1S/C13H13ClN2O2S/c1-7-10(12(18)16-13(15-7)19-2)6-8-5-9(14)3-4-11(8)17/h3-5,17H,6H2,1-2H3,(H,15,16,18). The molecule has 0 unspecified atom stereocenters. The second-order valence-electron chi connectivity index (χ2n) is 4.09. The lowest BCUT2D eigenvalue weighted by molar-refractivity contribution is 0.469. The summed E-state index contributed by atoms with van der Waals surface area (Å²) in [5.41, 5.74) is 1.62. The van der Waals surface area contributed by atoms with E-state index in [4.69, 9.17) is 11.6 Å². The number of halogens is 1. The topological polar surface area (TPSA) is 66.0 Å². The molecule has 0 aliphatic heterocycles. The average Bonchev–Trinajstić information content (AvgIpc) is 2.37. The second-order valence-corrected chi connectivity index (χ2v) is 5.32. The Bertz CT molecular complexity index is 670. The highest BCUT2D eigenvalue weighted by atomic mass is 35.5. The van der Waals surface area contributed by atoms with Crippen molar-refractivity contribution in [2.24, 2.45) is 0 Å². The maximum absolute atomic E-state index is 12.0. The molecule has 0 bridgehead atoms. The summed E-state index contributed by atoms with van der Waals surface area (Å²) in [6, 6.07) is 4.77. The van der Waals surface area contributed by atoms with Crippen molar-refractivity contribution < 1.29 is 5.11 Å². The third-order valence-electron chi connectivity index (χ3n) is 2.80. The van der Waals surface area contributed by atoms with Crippen molar-refractivity contribution in [3.8, 4) is 5.75 Å². The van der Waals surface area contributed by atoms with Gasteiger partial charge >= 0.3 is 0 Å². The van der Waals surface area contributed by atoms with Crippen LogP contribution in [0.5, 0.6) is 5.75 Å². The third kappa shape index (κ3) is 3.11. The number of phenolic OH excluding ortho intramolecular Hbond substituents is 1. The highest BCUT2D eigenvalue weighted by molar-refractivity contribution is 7.98. The first-order valence-electron chi connectivity index (χ1n) is 5.62. The Kier molecular flexibility index (Phi) is 4.17. The van der Waals surface area contributed by atoms with Crippen molar-refractivity contribution in [1.82, 2.24) is 9.97 Å². The number of benzene rings is 1. The summed E-state index contributed by atoms with van der Waals surface area (Å²) < 4.78 is 0. The molecule has 0 saturated heterocycles. The lowest BCUT2D eigenvalue weighted by atomic mass is 10.0. The molecule has 0 radical (unpaired) electrons. The lowest BCUT2D eigenvalue weighted by Gasteiger charge is -2.08. The van der Waals surface area contributed by atoms with Crippen molar-refractivity contribution in [1.29, 1.82) is 0 Å². The van der Waals surface area contributed by atoms with E-state index in [0.717, 1.165) is 0 Å². The van der Waals surface area contributed by atoms with Crippen molar-refractivity contribution in [3.63, 3.8) is 0 Å². The molecule has 0 fully saturated rings. The largest absolute Gasteiger partial charge is 0.508 e. The Labute approximate surface area is 119 Å². The van der Waals surface area contributed by atoms with Crippen LogP contribution in [-0.4, -0.2) is 21.3 Å². The fourth-order valence-electron chi connectivity index (χ4n) is 1.78. The van der Waals surface area contributed by atoms with Gasteiger partial charge in [-0.05, 0) is 36.9 Å². The van der Waals surface area contributed by atoms with Gasteiger partial charge in [-0.1, -0.05) is 23.4 Å². The van der Waals surface area contributed by atoms with E-state index in [2.05, 4.69) is 9.97 Å². The number of thioether (sulfide) groups is 1. The molecule has 2 N–H and O–H groups in total. The van der Waals surface area contributed by atoms with Crippen molar-refractivity contribution in [2.75, 3.05) is 6.26 Å². The first kappa shape index (κ1) is 14.0. The number of H-pyrrole nitrogens is 1. The number of hydrogen-bond donors (Lipinski definition) is 2. The number of nitrogens with one attached hydrogen (secondary N) is 1. The molecule has 4 nitrogen and oxygen atoms in total. The van der Waals surface area contributed by atoms with E-state index in [0.29, 0.717) is 33.4 Å². The minimum Gasteiger partial charge on any atom is -0.508 e. The van der Waals surface area contributed by atoms with Gasteiger partial charge in [-0.2, -0.15) is 0 Å². The zero-order valence-corrected chi connectivity index (χ0v) is 12.1. The number of aromatic hydroxyl groups is 1. The van der Waals surface area contributed by atoms with Crippen LogP contribution in [-0.2, 0) is 6.42 Å². The number of rotatable bonds is 3. The van der Waals surface area contributed by atoms with Crippen molar-refractivity contribution in [3.05, 3.63) is 50.4 Å². The molecule has 2 aromatic rings. The summed E-state index contributed by atoms with van der Waals surface area (Å²) in [5, 5.41) is 10.9. The van der Waals surface area contributed by atoms with Gasteiger partial charge in [0.15, 0.2) is 5.16 Å². The highest BCUT2D eigenvalue weighted by Crippen LogP contribution is 2.24. The van der Waals surface area contributed by atoms with E-state index < -0.39 is 0 Å². The molecule has 19 heavy (non-hydrogen) atoms. The van der Waals surface area contributed by atoms with Crippen LogP contribution in [0, 0.1) is 6.92 Å².